The number of hydrogen-bond donors (Lipinski definition) is 1. The number of nitrogens with zero attached hydrogens (tertiary/aromatic N) is 3. The van der Waals surface area contributed by atoms with E-state index in [0.29, 0.717) is 16.9 Å². The number of rotatable bonds is 8. The summed E-state index contributed by atoms with van der Waals surface area (Å²) < 4.78 is 5.25. The molecule has 0 saturated carbocycles. The zero-order valence-corrected chi connectivity index (χ0v) is 13.5. The van der Waals surface area contributed by atoms with Gasteiger partial charge < -0.3 is 10.3 Å². The molecule has 0 amide bonds. The summed E-state index contributed by atoms with van der Waals surface area (Å²) in [5.41, 5.74) is 6.64. The van der Waals surface area contributed by atoms with Crippen molar-refractivity contribution in [3.8, 4) is 0 Å². The molecule has 0 radical (unpaired) electrons. The fourth-order valence-electron chi connectivity index (χ4n) is 1.69. The van der Waals surface area contributed by atoms with Crippen molar-refractivity contribution in [2.45, 2.75) is 38.9 Å². The van der Waals surface area contributed by atoms with Gasteiger partial charge in [0, 0.05) is 11.8 Å². The van der Waals surface area contributed by atoms with Crippen molar-refractivity contribution in [2.24, 2.45) is 5.92 Å². The summed E-state index contributed by atoms with van der Waals surface area (Å²) in [5, 5.41) is 6.63. The third-order valence-electron chi connectivity index (χ3n) is 2.59. The van der Waals surface area contributed by atoms with E-state index in [0.717, 1.165) is 42.3 Å². The Morgan fingerprint density at radius 3 is 2.90 bits per heavy atom. The first-order valence-corrected chi connectivity index (χ1v) is 8.76. The Kier molecular flexibility index (Phi) is 5.85. The van der Waals surface area contributed by atoms with Crippen LogP contribution < -0.4 is 5.73 Å². The Morgan fingerprint density at radius 1 is 1.35 bits per heavy atom. The van der Waals surface area contributed by atoms with Gasteiger partial charge in [-0.3, -0.25) is 0 Å². The fourth-order valence-corrected chi connectivity index (χ4v) is 3.18. The van der Waals surface area contributed by atoms with E-state index in [9.17, 15) is 0 Å². The lowest BCUT2D eigenvalue weighted by atomic mass is 10.2. The van der Waals surface area contributed by atoms with E-state index in [1.54, 1.807) is 0 Å². The highest BCUT2D eigenvalue weighted by Crippen LogP contribution is 2.15. The quantitative estimate of drug-likeness (QED) is 0.806. The molecule has 2 heterocycles. The van der Waals surface area contributed by atoms with Gasteiger partial charge in [-0.25, -0.2) is 4.98 Å². The summed E-state index contributed by atoms with van der Waals surface area (Å²) >= 11 is 3.32. The Morgan fingerprint density at radius 2 is 2.20 bits per heavy atom. The summed E-state index contributed by atoms with van der Waals surface area (Å²) in [6.07, 6.45) is 2.64. The molecule has 7 heteroatoms. The second kappa shape index (κ2) is 7.64. The lowest BCUT2D eigenvalue weighted by Gasteiger charge is -2.00. The molecule has 2 aromatic rings. The molecular formula is C13H20N4OS2. The van der Waals surface area contributed by atoms with Crippen molar-refractivity contribution >= 4 is 28.2 Å². The lowest BCUT2D eigenvalue weighted by molar-refractivity contribution is 0.371. The van der Waals surface area contributed by atoms with E-state index >= 15 is 0 Å². The smallest absolute Gasteiger partial charge is 0.226 e. The number of aryl methyl sites for hydroxylation is 2. The molecule has 0 unspecified atom stereocenters. The minimum Gasteiger partial charge on any atom is -0.375 e. The molecule has 0 aliphatic carbocycles. The van der Waals surface area contributed by atoms with Crippen LogP contribution in [-0.4, -0.2) is 20.9 Å². The molecule has 5 nitrogen and oxygen atoms in total. The normalized spacial score (nSPS) is 11.3. The van der Waals surface area contributed by atoms with Gasteiger partial charge in [-0.15, -0.1) is 11.3 Å². The third-order valence-corrected chi connectivity index (χ3v) is 4.67. The van der Waals surface area contributed by atoms with Crippen molar-refractivity contribution in [3.05, 3.63) is 22.8 Å². The average Bonchev–Trinajstić information content (AvgIpc) is 2.99. The number of thioether (sulfide) groups is 1. The maximum atomic E-state index is 5.60. The minimum atomic E-state index is 0.627. The topological polar surface area (TPSA) is 77.8 Å². The number of thiazole rings is 1. The Labute approximate surface area is 127 Å². The molecule has 0 aromatic carbocycles. The molecular weight excluding hydrogens is 292 g/mol. The molecule has 2 N–H and O–H groups in total. The highest BCUT2D eigenvalue weighted by Gasteiger charge is 2.07. The Bertz CT molecular complexity index is 524. The second-order valence-corrected chi connectivity index (χ2v) is 6.96. The monoisotopic (exact) mass is 312 g/mol. The minimum absolute atomic E-state index is 0.627. The summed E-state index contributed by atoms with van der Waals surface area (Å²) in [5.74, 6) is 4.15. The molecule has 2 aromatic heterocycles. The number of anilines is 1. The van der Waals surface area contributed by atoms with Crippen molar-refractivity contribution in [3.63, 3.8) is 0 Å². The maximum Gasteiger partial charge on any atom is 0.226 e. The van der Waals surface area contributed by atoms with E-state index in [1.165, 1.54) is 11.3 Å². The van der Waals surface area contributed by atoms with Gasteiger partial charge in [-0.1, -0.05) is 19.0 Å². The zero-order valence-electron chi connectivity index (χ0n) is 11.8. The van der Waals surface area contributed by atoms with Gasteiger partial charge in [0.05, 0.1) is 11.4 Å². The van der Waals surface area contributed by atoms with Crippen LogP contribution in [0.3, 0.4) is 0 Å². The van der Waals surface area contributed by atoms with E-state index in [1.807, 2.05) is 17.1 Å². The van der Waals surface area contributed by atoms with E-state index in [-0.39, 0.29) is 0 Å². The van der Waals surface area contributed by atoms with Gasteiger partial charge in [0.15, 0.2) is 11.0 Å². The molecule has 0 saturated heterocycles. The van der Waals surface area contributed by atoms with Gasteiger partial charge in [0.25, 0.3) is 0 Å². The summed E-state index contributed by atoms with van der Waals surface area (Å²) in [6, 6.07) is 0. The molecule has 0 fully saturated rings. The van der Waals surface area contributed by atoms with Gasteiger partial charge >= 0.3 is 0 Å². The second-order valence-electron chi connectivity index (χ2n) is 5.04. The molecule has 110 valence electrons. The maximum absolute atomic E-state index is 5.60. The van der Waals surface area contributed by atoms with Crippen LogP contribution in [-0.2, 0) is 18.6 Å². The van der Waals surface area contributed by atoms with Gasteiger partial charge in [0.1, 0.15) is 0 Å². The first-order chi connectivity index (χ1) is 9.63. The van der Waals surface area contributed by atoms with Crippen molar-refractivity contribution < 1.29 is 4.52 Å². The van der Waals surface area contributed by atoms with Crippen LogP contribution >= 0.6 is 23.1 Å². The largest absolute Gasteiger partial charge is 0.375 e. The van der Waals surface area contributed by atoms with Crippen LogP contribution in [0.2, 0.25) is 0 Å². The van der Waals surface area contributed by atoms with Gasteiger partial charge in [0.2, 0.25) is 5.89 Å². The average molecular weight is 312 g/mol. The summed E-state index contributed by atoms with van der Waals surface area (Å²) in [6.45, 7) is 4.42. The first-order valence-electron chi connectivity index (χ1n) is 6.72. The Balaban J connectivity index is 1.69. The SMILES string of the molecule is CC(C)CSCc1noc(CCCc2csc(N)n2)n1. The van der Waals surface area contributed by atoms with Gasteiger partial charge in [-0.05, 0) is 24.5 Å². The molecule has 0 spiro atoms. The molecule has 0 aliphatic rings. The first kappa shape index (κ1) is 15.3. The lowest BCUT2D eigenvalue weighted by Crippen LogP contribution is -1.94. The van der Waals surface area contributed by atoms with Crippen LogP contribution in [0.4, 0.5) is 5.13 Å². The third kappa shape index (κ3) is 5.13. The molecule has 2 rings (SSSR count). The number of aromatic nitrogens is 3. The van der Waals surface area contributed by atoms with Crippen LogP contribution in [0.5, 0.6) is 0 Å². The fraction of sp³-hybridized carbons (Fsp3) is 0.615. The Hall–Kier alpha value is -1.08. The van der Waals surface area contributed by atoms with Crippen molar-refractivity contribution in [1.82, 2.24) is 15.1 Å². The van der Waals surface area contributed by atoms with Crippen LogP contribution in [0.25, 0.3) is 0 Å². The molecule has 0 atom stereocenters. The number of hydrogen-bond acceptors (Lipinski definition) is 7. The van der Waals surface area contributed by atoms with Crippen molar-refractivity contribution in [1.29, 1.82) is 0 Å². The zero-order chi connectivity index (χ0) is 14.4. The van der Waals surface area contributed by atoms with Crippen LogP contribution in [0, 0.1) is 5.92 Å². The van der Waals surface area contributed by atoms with E-state index < -0.39 is 0 Å². The van der Waals surface area contributed by atoms with Crippen LogP contribution in [0.1, 0.15) is 37.7 Å². The number of nitrogens with two attached hydrogens (primary N) is 1. The molecule has 0 aliphatic heterocycles. The predicted molar refractivity (Wildman–Crippen MR) is 83.8 cm³/mol. The van der Waals surface area contributed by atoms with Crippen molar-refractivity contribution in [2.75, 3.05) is 11.5 Å². The number of nitrogen functional groups attached to an aromatic ring is 1. The predicted octanol–water partition coefficient (Wildman–Crippen LogP) is 3.17. The van der Waals surface area contributed by atoms with E-state index in [4.69, 9.17) is 10.3 Å². The van der Waals surface area contributed by atoms with Crippen LogP contribution in [0.15, 0.2) is 9.90 Å². The molecule has 0 bridgehead atoms. The highest BCUT2D eigenvalue weighted by atomic mass is 32.2. The summed E-state index contributed by atoms with van der Waals surface area (Å²) in [4.78, 5) is 8.63. The standard InChI is InChI=1S/C13H20N4OS2/c1-9(2)6-19-8-11-16-12(18-17-11)5-3-4-10-7-20-13(14)15-10/h7,9H,3-6,8H2,1-2H3,(H2,14,15). The highest BCUT2D eigenvalue weighted by molar-refractivity contribution is 7.98. The summed E-state index contributed by atoms with van der Waals surface area (Å²) in [7, 11) is 0. The van der Waals surface area contributed by atoms with Gasteiger partial charge in [-0.2, -0.15) is 16.7 Å². The molecule has 20 heavy (non-hydrogen) atoms. The van der Waals surface area contributed by atoms with E-state index in [2.05, 4.69) is 29.0 Å².